The number of rotatable bonds is 12. The normalized spacial score (nSPS) is 10.9. The highest BCUT2D eigenvalue weighted by atomic mass is 35.5. The van der Waals surface area contributed by atoms with E-state index < -0.39 is 11.8 Å². The Morgan fingerprint density at radius 3 is 2.33 bits per heavy atom. The highest BCUT2D eigenvalue weighted by Crippen LogP contribution is 2.36. The van der Waals surface area contributed by atoms with Crippen molar-refractivity contribution in [1.29, 1.82) is 0 Å². The van der Waals surface area contributed by atoms with E-state index in [0.717, 1.165) is 0 Å². The number of aromatic nitrogens is 1. The van der Waals surface area contributed by atoms with E-state index in [4.69, 9.17) is 32.7 Å². The number of amides is 4. The van der Waals surface area contributed by atoms with Crippen molar-refractivity contribution >= 4 is 69.5 Å². The number of anilines is 1. The smallest absolute Gasteiger partial charge is 0.259 e. The minimum atomic E-state index is -0.472. The summed E-state index contributed by atoms with van der Waals surface area (Å²) >= 11 is 13.3. The summed E-state index contributed by atoms with van der Waals surface area (Å²) in [6.07, 6.45) is 2.88. The minimum absolute atomic E-state index is 0.0385. The molecule has 0 aliphatic heterocycles. The van der Waals surface area contributed by atoms with Gasteiger partial charge in [0.1, 0.15) is 23.6 Å². The van der Waals surface area contributed by atoms with E-state index in [0.29, 0.717) is 55.5 Å². The quantitative estimate of drug-likeness (QED) is 0.199. The van der Waals surface area contributed by atoms with E-state index in [-0.39, 0.29) is 36.6 Å². The molecular formula is C35H35Cl2N5O6. The molecule has 0 aliphatic carbocycles. The number of pyridine rings is 1. The molecule has 0 spiro atoms. The Morgan fingerprint density at radius 2 is 1.65 bits per heavy atom. The van der Waals surface area contributed by atoms with Crippen molar-refractivity contribution < 1.29 is 28.7 Å². The topological polar surface area (TPSA) is 130 Å². The molecule has 1 aromatic heterocycles. The number of nitrogens with one attached hydrogen (secondary N) is 2. The van der Waals surface area contributed by atoms with Crippen LogP contribution in [-0.4, -0.2) is 74.9 Å². The third kappa shape index (κ3) is 8.81. The first-order chi connectivity index (χ1) is 22.9. The summed E-state index contributed by atoms with van der Waals surface area (Å²) in [4.78, 5) is 56.6. The molecule has 0 saturated carbocycles. The first kappa shape index (κ1) is 35.7. The molecule has 3 aromatic carbocycles. The average Bonchev–Trinajstić information content (AvgIpc) is 3.07. The molecule has 11 nitrogen and oxygen atoms in total. The molecule has 4 aromatic rings. The molecule has 13 heteroatoms. The zero-order valence-corrected chi connectivity index (χ0v) is 28.6. The van der Waals surface area contributed by atoms with Crippen LogP contribution in [0.25, 0.3) is 17.0 Å². The Morgan fingerprint density at radius 1 is 0.917 bits per heavy atom. The summed E-state index contributed by atoms with van der Waals surface area (Å²) in [6.45, 7) is 1.36. The summed E-state index contributed by atoms with van der Waals surface area (Å²) in [5.41, 5.74) is 3.23. The van der Waals surface area contributed by atoms with Gasteiger partial charge in [-0.3, -0.25) is 19.2 Å². The fraction of sp³-hybridized carbons (Fsp3) is 0.229. The minimum Gasteiger partial charge on any atom is -0.487 e. The van der Waals surface area contributed by atoms with Gasteiger partial charge in [0.25, 0.3) is 11.8 Å². The number of fused-ring (bicyclic) bond motifs is 1. The predicted molar refractivity (Wildman–Crippen MR) is 187 cm³/mol. The number of para-hydroxylation sites is 1. The van der Waals surface area contributed by atoms with Gasteiger partial charge in [0.05, 0.1) is 17.3 Å². The maximum atomic E-state index is 13.0. The third-order valence-electron chi connectivity index (χ3n) is 7.26. The van der Waals surface area contributed by atoms with Crippen LogP contribution in [0.2, 0.25) is 10.0 Å². The summed E-state index contributed by atoms with van der Waals surface area (Å²) in [5.74, 6) is -0.341. The van der Waals surface area contributed by atoms with Gasteiger partial charge < -0.3 is 29.9 Å². The zero-order chi connectivity index (χ0) is 35.0. The van der Waals surface area contributed by atoms with Crippen LogP contribution in [0.5, 0.6) is 11.5 Å². The van der Waals surface area contributed by atoms with Gasteiger partial charge in [0.2, 0.25) is 11.8 Å². The van der Waals surface area contributed by atoms with Crippen LogP contribution in [0.4, 0.5) is 5.69 Å². The van der Waals surface area contributed by atoms with E-state index in [2.05, 4.69) is 15.6 Å². The number of nitrogens with zero attached hydrogens (tertiary/aromatic N) is 3. The van der Waals surface area contributed by atoms with Gasteiger partial charge in [-0.2, -0.15) is 0 Å². The van der Waals surface area contributed by atoms with Crippen molar-refractivity contribution in [3.05, 3.63) is 99.2 Å². The highest BCUT2D eigenvalue weighted by molar-refractivity contribution is 6.38. The fourth-order valence-electron chi connectivity index (χ4n) is 4.48. The van der Waals surface area contributed by atoms with Crippen LogP contribution in [-0.2, 0) is 21.0 Å². The maximum Gasteiger partial charge on any atom is 0.259 e. The van der Waals surface area contributed by atoms with E-state index in [1.165, 1.54) is 22.9 Å². The first-order valence-corrected chi connectivity index (χ1v) is 15.5. The Bertz CT molecular complexity index is 1880. The van der Waals surface area contributed by atoms with Crippen molar-refractivity contribution in [2.45, 2.75) is 13.5 Å². The Labute approximate surface area is 288 Å². The highest BCUT2D eigenvalue weighted by Gasteiger charge is 2.20. The van der Waals surface area contributed by atoms with Crippen LogP contribution >= 0.6 is 23.2 Å². The molecule has 0 fully saturated rings. The summed E-state index contributed by atoms with van der Waals surface area (Å²) in [6, 6.07) is 17.0. The molecule has 0 bridgehead atoms. The molecule has 250 valence electrons. The summed E-state index contributed by atoms with van der Waals surface area (Å²) in [7, 11) is 6.40. The maximum absolute atomic E-state index is 13.0. The zero-order valence-electron chi connectivity index (χ0n) is 27.1. The van der Waals surface area contributed by atoms with Crippen LogP contribution in [0, 0.1) is 6.92 Å². The molecule has 0 saturated heterocycles. The number of halogens is 2. The van der Waals surface area contributed by atoms with Gasteiger partial charge in [0.15, 0.2) is 6.61 Å². The van der Waals surface area contributed by atoms with Crippen molar-refractivity contribution in [3.8, 4) is 11.5 Å². The average molecular weight is 693 g/mol. The second kappa shape index (κ2) is 16.1. The van der Waals surface area contributed by atoms with Gasteiger partial charge >= 0.3 is 0 Å². The molecule has 4 amide bonds. The lowest BCUT2D eigenvalue weighted by atomic mass is 10.1. The van der Waals surface area contributed by atoms with Gasteiger partial charge in [-0.05, 0) is 55.0 Å². The molecule has 0 radical (unpaired) electrons. The van der Waals surface area contributed by atoms with Crippen molar-refractivity contribution in [2.24, 2.45) is 0 Å². The largest absolute Gasteiger partial charge is 0.487 e. The molecule has 48 heavy (non-hydrogen) atoms. The molecular weight excluding hydrogens is 657 g/mol. The Hall–Kier alpha value is -5.13. The standard InChI is InChI=1S/C35H35Cl2N5O6/c1-21-17-29(48-20-32(45)41(3)4)24-7-6-8-28(34(24)40-21)47-19-25-26(36)14-15-27(33(25)37)42(5)31(44)18-39-30(43)16-11-22-9-12-23(13-10-22)35(46)38-2/h6-17H,18-20H2,1-5H3,(H,38,46)(H,39,43)/b16-11+. The SMILES string of the molecule is CNC(=O)c1ccc(/C=C/C(=O)NCC(=O)N(C)c2ccc(Cl)c(COc3cccc4c(OCC(=O)N(C)C)cc(C)nc34)c2Cl)cc1. The molecule has 4 rings (SSSR count). The summed E-state index contributed by atoms with van der Waals surface area (Å²) < 4.78 is 12.0. The van der Waals surface area contributed by atoms with Gasteiger partial charge in [-0.1, -0.05) is 41.4 Å². The molecule has 2 N–H and O–H groups in total. The van der Waals surface area contributed by atoms with E-state index in [1.807, 2.05) is 13.0 Å². The molecule has 0 atom stereocenters. The second-order valence-electron chi connectivity index (χ2n) is 10.8. The number of ether oxygens (including phenoxy) is 2. The van der Waals surface area contributed by atoms with Crippen molar-refractivity contribution in [1.82, 2.24) is 20.5 Å². The lowest BCUT2D eigenvalue weighted by Gasteiger charge is -2.21. The number of carbonyl (C=O) groups excluding carboxylic acids is 4. The Balaban J connectivity index is 1.43. The number of hydrogen-bond donors (Lipinski definition) is 2. The summed E-state index contributed by atoms with van der Waals surface area (Å²) in [5, 5.41) is 6.32. The molecule has 0 unspecified atom stereocenters. The van der Waals surface area contributed by atoms with E-state index in [9.17, 15) is 19.2 Å². The number of hydrogen-bond acceptors (Lipinski definition) is 7. The lowest BCUT2D eigenvalue weighted by molar-refractivity contribution is -0.130. The molecule has 1 heterocycles. The van der Waals surface area contributed by atoms with E-state index >= 15 is 0 Å². The molecule has 0 aliphatic rings. The van der Waals surface area contributed by atoms with Crippen LogP contribution in [0.3, 0.4) is 0 Å². The third-order valence-corrected chi connectivity index (χ3v) is 8.03. The van der Waals surface area contributed by atoms with Crippen LogP contribution < -0.4 is 25.0 Å². The van der Waals surface area contributed by atoms with Gasteiger partial charge in [-0.15, -0.1) is 0 Å². The number of benzene rings is 3. The number of aryl methyl sites for hydroxylation is 1. The second-order valence-corrected chi connectivity index (χ2v) is 11.6. The van der Waals surface area contributed by atoms with Crippen molar-refractivity contribution in [3.63, 3.8) is 0 Å². The van der Waals surface area contributed by atoms with Gasteiger partial charge in [-0.25, -0.2) is 4.98 Å². The van der Waals surface area contributed by atoms with Crippen molar-refractivity contribution in [2.75, 3.05) is 46.2 Å². The lowest BCUT2D eigenvalue weighted by Crippen LogP contribution is -2.37. The van der Waals surface area contributed by atoms with Crippen LogP contribution in [0.1, 0.15) is 27.2 Å². The first-order valence-electron chi connectivity index (χ1n) is 14.8. The van der Waals surface area contributed by atoms with Crippen LogP contribution in [0.15, 0.2) is 66.7 Å². The number of likely N-dealkylation sites (N-methyl/N-ethyl adjacent to an activating group) is 2. The predicted octanol–water partition coefficient (Wildman–Crippen LogP) is 5.05. The monoisotopic (exact) mass is 691 g/mol. The van der Waals surface area contributed by atoms with E-state index in [1.54, 1.807) is 81.8 Å². The number of carbonyl (C=O) groups is 4. The fourth-order valence-corrected chi connectivity index (χ4v) is 5.09. The van der Waals surface area contributed by atoms with Gasteiger partial charge in [0, 0.05) is 67.6 Å². The Kier molecular flexibility index (Phi) is 12.0.